The van der Waals surface area contributed by atoms with Crippen molar-refractivity contribution in [1.82, 2.24) is 19.9 Å². The molecule has 3 heterocycles. The number of benzene rings is 1. The molecular weight excluding hydrogens is 424 g/mol. The van der Waals surface area contributed by atoms with Gasteiger partial charge in [-0.15, -0.1) is 11.8 Å². The Bertz CT molecular complexity index is 896. The number of piperazine rings is 1. The summed E-state index contributed by atoms with van der Waals surface area (Å²) in [7, 11) is 0. The fourth-order valence-corrected chi connectivity index (χ4v) is 7.27. The van der Waals surface area contributed by atoms with Crippen molar-refractivity contribution in [3.05, 3.63) is 28.9 Å². The highest BCUT2D eigenvalue weighted by Crippen LogP contribution is 2.51. The van der Waals surface area contributed by atoms with E-state index in [9.17, 15) is 4.79 Å². The lowest BCUT2D eigenvalue weighted by molar-refractivity contribution is -0.122. The molecule has 1 amide bonds. The molecule has 0 aliphatic carbocycles. The number of fused-ring (bicyclic) bond motifs is 1. The second-order valence-electron chi connectivity index (χ2n) is 8.67. The van der Waals surface area contributed by atoms with Crippen LogP contribution >= 0.6 is 34.9 Å². The van der Waals surface area contributed by atoms with E-state index in [-0.39, 0.29) is 16.7 Å². The van der Waals surface area contributed by atoms with Crippen LogP contribution in [0.25, 0.3) is 10.1 Å². The summed E-state index contributed by atoms with van der Waals surface area (Å²) >= 11 is 9.43. The van der Waals surface area contributed by atoms with E-state index in [0.29, 0.717) is 0 Å². The van der Waals surface area contributed by atoms with E-state index in [1.807, 2.05) is 26.0 Å². The summed E-state index contributed by atoms with van der Waals surface area (Å²) in [6, 6.07) is 6.00. The van der Waals surface area contributed by atoms with Crippen molar-refractivity contribution < 1.29 is 4.79 Å². The second kappa shape index (κ2) is 8.35. The molecule has 8 heteroatoms. The number of carbonyl (C=O) groups excluding carboxylic acids is 1. The Hall–Kier alpha value is -0.860. The summed E-state index contributed by atoms with van der Waals surface area (Å²) < 4.78 is 5.54. The maximum absolute atomic E-state index is 12.6. The Morgan fingerprint density at radius 1 is 1.28 bits per heavy atom. The number of amides is 1. The van der Waals surface area contributed by atoms with Crippen molar-refractivity contribution in [2.45, 2.75) is 49.1 Å². The van der Waals surface area contributed by atoms with Gasteiger partial charge in [0.25, 0.3) is 0 Å². The fraction of sp³-hybridized carbons (Fsp3) is 0.619. The van der Waals surface area contributed by atoms with Crippen molar-refractivity contribution in [1.29, 1.82) is 0 Å². The van der Waals surface area contributed by atoms with Crippen LogP contribution < -0.4 is 10.6 Å². The lowest BCUT2D eigenvalue weighted by Gasteiger charge is -2.34. The van der Waals surface area contributed by atoms with Crippen molar-refractivity contribution in [3.8, 4) is 0 Å². The van der Waals surface area contributed by atoms with Gasteiger partial charge in [-0.25, -0.2) is 0 Å². The maximum Gasteiger partial charge on any atom is 0.236 e. The lowest BCUT2D eigenvalue weighted by Crippen LogP contribution is -2.45. The first kappa shape index (κ1) is 21.4. The highest BCUT2D eigenvalue weighted by Gasteiger charge is 2.52. The van der Waals surface area contributed by atoms with Crippen LogP contribution in [0.1, 0.15) is 45.2 Å². The first-order valence-electron chi connectivity index (χ1n) is 10.3. The second-order valence-corrected chi connectivity index (χ2v) is 12.0. The summed E-state index contributed by atoms with van der Waals surface area (Å²) in [6.07, 6.45) is 2.08. The molecule has 2 saturated heterocycles. The van der Waals surface area contributed by atoms with Crippen LogP contribution in [0.4, 0.5) is 0 Å². The van der Waals surface area contributed by atoms with Crippen LogP contribution in [0.2, 0.25) is 5.02 Å². The number of hydrogen-bond acceptors (Lipinski definition) is 6. The molecule has 1 aromatic carbocycles. The summed E-state index contributed by atoms with van der Waals surface area (Å²) in [5.41, 5.74) is 1.09. The number of carbonyl (C=O) groups is 1. The Labute approximate surface area is 186 Å². The summed E-state index contributed by atoms with van der Waals surface area (Å²) in [6.45, 7) is 11.6. The molecule has 29 heavy (non-hydrogen) atoms. The third-order valence-corrected chi connectivity index (χ3v) is 8.57. The molecule has 2 fully saturated rings. The Balaban J connectivity index is 1.60. The third kappa shape index (κ3) is 4.44. The first-order valence-corrected chi connectivity index (χ1v) is 12.3. The molecule has 5 nitrogen and oxygen atoms in total. The van der Waals surface area contributed by atoms with Crippen LogP contribution in [0.15, 0.2) is 18.2 Å². The molecule has 2 N–H and O–H groups in total. The molecule has 0 radical (unpaired) electrons. The van der Waals surface area contributed by atoms with Gasteiger partial charge in [0.05, 0.1) is 20.0 Å². The monoisotopic (exact) mass is 452 g/mol. The highest BCUT2D eigenvalue weighted by atomic mass is 35.5. The number of rotatable bonds is 6. The number of nitrogens with zero attached hydrogens (tertiary/aromatic N) is 2. The van der Waals surface area contributed by atoms with Crippen LogP contribution in [-0.2, 0) is 4.79 Å². The average Bonchev–Trinajstić information content (AvgIpc) is 3.16. The average molecular weight is 453 g/mol. The fourth-order valence-electron chi connectivity index (χ4n) is 4.45. The number of aromatic nitrogens is 1. The van der Waals surface area contributed by atoms with Gasteiger partial charge in [0.15, 0.2) is 0 Å². The van der Waals surface area contributed by atoms with Gasteiger partial charge in [0.2, 0.25) is 5.91 Å². The minimum Gasteiger partial charge on any atom is -0.340 e. The Morgan fingerprint density at radius 2 is 2.03 bits per heavy atom. The van der Waals surface area contributed by atoms with E-state index in [1.54, 1.807) is 11.8 Å². The van der Waals surface area contributed by atoms with Crippen molar-refractivity contribution >= 4 is 50.9 Å². The summed E-state index contributed by atoms with van der Waals surface area (Å²) in [5.74, 6) is 0.260. The highest BCUT2D eigenvalue weighted by molar-refractivity contribution is 8.03. The maximum atomic E-state index is 12.6. The topological polar surface area (TPSA) is 57.3 Å². The van der Waals surface area contributed by atoms with Crippen LogP contribution in [0.3, 0.4) is 0 Å². The van der Waals surface area contributed by atoms with E-state index in [4.69, 9.17) is 16.0 Å². The van der Waals surface area contributed by atoms with E-state index < -0.39 is 4.75 Å². The normalized spacial score (nSPS) is 26.0. The summed E-state index contributed by atoms with van der Waals surface area (Å²) in [4.78, 5) is 14.8. The molecule has 0 saturated carbocycles. The van der Waals surface area contributed by atoms with E-state index >= 15 is 0 Å². The van der Waals surface area contributed by atoms with E-state index in [0.717, 1.165) is 66.4 Å². The molecular formula is C21H29ClN4OS2. The number of thioether (sulfide) groups is 1. The van der Waals surface area contributed by atoms with Crippen molar-refractivity contribution in [2.24, 2.45) is 0 Å². The minimum absolute atomic E-state index is 0.111. The van der Waals surface area contributed by atoms with Crippen LogP contribution in [0.5, 0.6) is 0 Å². The van der Waals surface area contributed by atoms with E-state index in [2.05, 4.69) is 28.5 Å². The Morgan fingerprint density at radius 3 is 2.72 bits per heavy atom. The van der Waals surface area contributed by atoms with Crippen molar-refractivity contribution in [2.75, 3.05) is 32.7 Å². The number of hydrogen-bond donors (Lipinski definition) is 2. The van der Waals surface area contributed by atoms with Gasteiger partial charge >= 0.3 is 0 Å². The SMILES string of the molecule is CC1(C)SC(C)(C(CCCN2CCNCC2)c2nsc3cc(Cl)ccc23)NC1=O. The smallest absolute Gasteiger partial charge is 0.236 e. The van der Waals surface area contributed by atoms with E-state index in [1.165, 1.54) is 11.5 Å². The summed E-state index contributed by atoms with van der Waals surface area (Å²) in [5, 5.41) is 8.62. The standard InChI is InChI=1S/C21H29ClN4OS2/c1-20(2)19(27)24-21(3,29-20)16(5-4-10-26-11-8-23-9-12-26)18-15-7-6-14(22)13-17(15)28-25-18/h6-7,13,16,23H,4-5,8-12H2,1-3H3,(H,24,27). The molecule has 4 rings (SSSR count). The van der Waals surface area contributed by atoms with Gasteiger partial charge in [0, 0.05) is 42.5 Å². The van der Waals surface area contributed by atoms with Gasteiger partial charge < -0.3 is 15.5 Å². The molecule has 2 aliphatic rings. The molecule has 2 atom stereocenters. The molecule has 158 valence electrons. The van der Waals surface area contributed by atoms with Gasteiger partial charge in [-0.3, -0.25) is 4.79 Å². The number of halogens is 1. The van der Waals surface area contributed by atoms with Crippen LogP contribution in [-0.4, -0.2) is 57.5 Å². The van der Waals surface area contributed by atoms with Crippen LogP contribution in [0, 0.1) is 0 Å². The molecule has 0 bridgehead atoms. The predicted molar refractivity (Wildman–Crippen MR) is 124 cm³/mol. The van der Waals surface area contributed by atoms with Gasteiger partial charge in [-0.2, -0.15) is 4.37 Å². The zero-order valence-electron chi connectivity index (χ0n) is 17.3. The first-order chi connectivity index (χ1) is 13.8. The Kier molecular flexibility index (Phi) is 6.15. The minimum atomic E-state index is -0.430. The quantitative estimate of drug-likeness (QED) is 0.691. The zero-order chi connectivity index (χ0) is 20.6. The van der Waals surface area contributed by atoms with Gasteiger partial charge in [-0.05, 0) is 63.8 Å². The lowest BCUT2D eigenvalue weighted by atomic mass is 9.89. The third-order valence-electron chi connectivity index (χ3n) is 6.01. The molecule has 0 spiro atoms. The molecule has 2 unspecified atom stereocenters. The van der Waals surface area contributed by atoms with Gasteiger partial charge in [0.1, 0.15) is 0 Å². The zero-order valence-corrected chi connectivity index (χ0v) is 19.6. The molecule has 2 aliphatic heterocycles. The molecule has 1 aromatic heterocycles. The number of nitrogens with one attached hydrogen (secondary N) is 2. The predicted octanol–water partition coefficient (Wildman–Crippen LogP) is 4.08. The van der Waals surface area contributed by atoms with Crippen molar-refractivity contribution in [3.63, 3.8) is 0 Å². The van der Waals surface area contributed by atoms with Gasteiger partial charge in [-0.1, -0.05) is 17.7 Å². The molecule has 2 aromatic rings. The largest absolute Gasteiger partial charge is 0.340 e.